The van der Waals surface area contributed by atoms with Crippen molar-refractivity contribution in [3.8, 4) is 0 Å². The third-order valence-corrected chi connectivity index (χ3v) is 2.75. The first-order chi connectivity index (χ1) is 9.22. The van der Waals surface area contributed by atoms with Gasteiger partial charge in [-0.05, 0) is 6.42 Å². The molecule has 0 aliphatic rings. The number of hydrogen-bond donors (Lipinski definition) is 2. The number of aromatic nitrogens is 3. The highest BCUT2D eigenvalue weighted by Crippen LogP contribution is 2.08. The fraction of sp³-hybridized carbons (Fsp3) is 0.417. The topological polar surface area (TPSA) is 94.5 Å². The SMILES string of the molecule is COCC(N)CCNC(=O)c1cnn2ccncc12. The molecular weight excluding hydrogens is 246 g/mol. The third kappa shape index (κ3) is 3.27. The van der Waals surface area contributed by atoms with Crippen LogP contribution in [-0.4, -0.2) is 46.8 Å². The minimum Gasteiger partial charge on any atom is -0.383 e. The van der Waals surface area contributed by atoms with E-state index in [0.29, 0.717) is 30.7 Å². The summed E-state index contributed by atoms with van der Waals surface area (Å²) in [6.07, 6.45) is 7.11. The maximum absolute atomic E-state index is 12.0. The monoisotopic (exact) mass is 263 g/mol. The fourth-order valence-corrected chi connectivity index (χ4v) is 1.77. The van der Waals surface area contributed by atoms with E-state index in [1.807, 2.05) is 0 Å². The van der Waals surface area contributed by atoms with Crippen LogP contribution in [0.3, 0.4) is 0 Å². The van der Waals surface area contributed by atoms with Crippen LogP contribution >= 0.6 is 0 Å². The number of amides is 1. The van der Waals surface area contributed by atoms with Crippen LogP contribution in [0, 0.1) is 0 Å². The van der Waals surface area contributed by atoms with Crippen LogP contribution < -0.4 is 11.1 Å². The maximum atomic E-state index is 12.0. The lowest BCUT2D eigenvalue weighted by molar-refractivity contribution is 0.0951. The van der Waals surface area contributed by atoms with E-state index >= 15 is 0 Å². The van der Waals surface area contributed by atoms with Crippen molar-refractivity contribution in [3.63, 3.8) is 0 Å². The summed E-state index contributed by atoms with van der Waals surface area (Å²) < 4.78 is 6.54. The highest BCUT2D eigenvalue weighted by molar-refractivity contribution is 6.00. The number of hydrogen-bond acceptors (Lipinski definition) is 5. The second kappa shape index (κ2) is 6.26. The van der Waals surface area contributed by atoms with Crippen molar-refractivity contribution in [2.75, 3.05) is 20.3 Å². The molecule has 0 spiro atoms. The first-order valence-corrected chi connectivity index (χ1v) is 6.02. The number of methoxy groups -OCH3 is 1. The van der Waals surface area contributed by atoms with Gasteiger partial charge in [0.05, 0.1) is 30.1 Å². The Hall–Kier alpha value is -1.99. The number of nitrogens with two attached hydrogens (primary N) is 1. The number of carbonyl (C=O) groups excluding carboxylic acids is 1. The van der Waals surface area contributed by atoms with Crippen LogP contribution in [0.1, 0.15) is 16.8 Å². The largest absolute Gasteiger partial charge is 0.383 e. The summed E-state index contributed by atoms with van der Waals surface area (Å²) in [7, 11) is 1.60. The molecule has 2 heterocycles. The molecule has 2 aromatic rings. The minimum atomic E-state index is -0.174. The summed E-state index contributed by atoms with van der Waals surface area (Å²) in [6.45, 7) is 0.984. The minimum absolute atomic E-state index is 0.0733. The van der Waals surface area contributed by atoms with E-state index in [2.05, 4.69) is 15.4 Å². The van der Waals surface area contributed by atoms with E-state index < -0.39 is 0 Å². The van der Waals surface area contributed by atoms with Gasteiger partial charge in [-0.15, -0.1) is 0 Å². The molecule has 102 valence electrons. The van der Waals surface area contributed by atoms with Gasteiger partial charge < -0.3 is 15.8 Å². The molecular formula is C12H17N5O2. The number of ether oxygens (including phenoxy) is 1. The smallest absolute Gasteiger partial charge is 0.255 e. The number of carbonyl (C=O) groups is 1. The lowest BCUT2D eigenvalue weighted by Crippen LogP contribution is -2.32. The normalized spacial score (nSPS) is 12.5. The van der Waals surface area contributed by atoms with E-state index in [4.69, 9.17) is 10.5 Å². The molecule has 2 aromatic heterocycles. The van der Waals surface area contributed by atoms with Crippen LogP contribution in [-0.2, 0) is 4.74 Å². The second-order valence-electron chi connectivity index (χ2n) is 4.22. The van der Waals surface area contributed by atoms with Gasteiger partial charge in [0.25, 0.3) is 5.91 Å². The first kappa shape index (κ1) is 13.4. The number of nitrogens with zero attached hydrogens (tertiary/aromatic N) is 3. The van der Waals surface area contributed by atoms with Crippen molar-refractivity contribution in [3.05, 3.63) is 30.4 Å². The van der Waals surface area contributed by atoms with Gasteiger partial charge >= 0.3 is 0 Å². The fourth-order valence-electron chi connectivity index (χ4n) is 1.77. The maximum Gasteiger partial charge on any atom is 0.255 e. The molecule has 7 nitrogen and oxygen atoms in total. The van der Waals surface area contributed by atoms with Crippen molar-refractivity contribution in [1.29, 1.82) is 0 Å². The quantitative estimate of drug-likeness (QED) is 0.754. The van der Waals surface area contributed by atoms with Gasteiger partial charge in [-0.2, -0.15) is 5.10 Å². The second-order valence-corrected chi connectivity index (χ2v) is 4.22. The van der Waals surface area contributed by atoms with Gasteiger partial charge in [-0.3, -0.25) is 9.78 Å². The zero-order valence-corrected chi connectivity index (χ0v) is 10.7. The average Bonchev–Trinajstić information content (AvgIpc) is 2.82. The molecule has 0 bridgehead atoms. The van der Waals surface area contributed by atoms with E-state index in [-0.39, 0.29) is 11.9 Å². The number of fused-ring (bicyclic) bond motifs is 1. The molecule has 0 aliphatic heterocycles. The van der Waals surface area contributed by atoms with Crippen LogP contribution in [0.2, 0.25) is 0 Å². The number of rotatable bonds is 6. The van der Waals surface area contributed by atoms with E-state index in [0.717, 1.165) is 0 Å². The molecule has 0 fully saturated rings. The van der Waals surface area contributed by atoms with Crippen molar-refractivity contribution >= 4 is 11.4 Å². The Labute approximate surface area is 110 Å². The molecule has 0 radical (unpaired) electrons. The Bertz CT molecular complexity index is 554. The molecule has 0 aliphatic carbocycles. The third-order valence-electron chi connectivity index (χ3n) is 2.75. The van der Waals surface area contributed by atoms with E-state index in [9.17, 15) is 4.79 Å². The molecule has 1 unspecified atom stereocenters. The van der Waals surface area contributed by atoms with E-state index in [1.54, 1.807) is 30.2 Å². The Balaban J connectivity index is 1.93. The molecule has 0 saturated heterocycles. The average molecular weight is 263 g/mol. The molecule has 7 heteroatoms. The lowest BCUT2D eigenvalue weighted by atomic mass is 10.2. The summed E-state index contributed by atoms with van der Waals surface area (Å²) >= 11 is 0. The molecule has 1 atom stereocenters. The van der Waals surface area contributed by atoms with Gasteiger partial charge in [0.2, 0.25) is 0 Å². The molecule has 19 heavy (non-hydrogen) atoms. The summed E-state index contributed by atoms with van der Waals surface area (Å²) in [5.41, 5.74) is 6.97. The Morgan fingerprint density at radius 2 is 2.42 bits per heavy atom. The van der Waals surface area contributed by atoms with Gasteiger partial charge in [-0.1, -0.05) is 0 Å². The predicted molar refractivity (Wildman–Crippen MR) is 69.8 cm³/mol. The van der Waals surface area contributed by atoms with Gasteiger partial charge in [0, 0.05) is 32.1 Å². The molecule has 2 rings (SSSR count). The predicted octanol–water partition coefficient (Wildman–Crippen LogP) is -0.177. The van der Waals surface area contributed by atoms with Crippen molar-refractivity contribution in [2.45, 2.75) is 12.5 Å². The molecule has 1 amide bonds. The van der Waals surface area contributed by atoms with Gasteiger partial charge in [0.1, 0.15) is 0 Å². The van der Waals surface area contributed by atoms with Crippen LogP contribution in [0.4, 0.5) is 0 Å². The van der Waals surface area contributed by atoms with Gasteiger partial charge in [-0.25, -0.2) is 4.52 Å². The lowest BCUT2D eigenvalue weighted by Gasteiger charge is -2.10. The zero-order valence-electron chi connectivity index (χ0n) is 10.7. The van der Waals surface area contributed by atoms with Crippen LogP contribution in [0.25, 0.3) is 5.52 Å². The molecule has 0 aromatic carbocycles. The van der Waals surface area contributed by atoms with E-state index in [1.165, 1.54) is 6.20 Å². The van der Waals surface area contributed by atoms with Crippen LogP contribution in [0.5, 0.6) is 0 Å². The molecule has 3 N–H and O–H groups in total. The van der Waals surface area contributed by atoms with Gasteiger partial charge in [0.15, 0.2) is 0 Å². The Morgan fingerprint density at radius 1 is 1.58 bits per heavy atom. The summed E-state index contributed by atoms with van der Waals surface area (Å²) in [4.78, 5) is 16.0. The van der Waals surface area contributed by atoms with Crippen LogP contribution in [0.15, 0.2) is 24.8 Å². The summed E-state index contributed by atoms with van der Waals surface area (Å²) in [5.74, 6) is -0.174. The van der Waals surface area contributed by atoms with Crippen molar-refractivity contribution < 1.29 is 9.53 Å². The first-order valence-electron chi connectivity index (χ1n) is 6.02. The molecule has 0 saturated carbocycles. The number of nitrogens with one attached hydrogen (secondary N) is 1. The van der Waals surface area contributed by atoms with Crippen molar-refractivity contribution in [2.24, 2.45) is 5.73 Å². The van der Waals surface area contributed by atoms with Crippen molar-refractivity contribution in [1.82, 2.24) is 19.9 Å². The Morgan fingerprint density at radius 3 is 3.21 bits per heavy atom. The zero-order chi connectivity index (χ0) is 13.7. The standard InChI is InChI=1S/C12H17N5O2/c1-19-8-9(13)2-3-15-12(18)10-6-16-17-5-4-14-7-11(10)17/h4-7,9H,2-3,8,13H2,1H3,(H,15,18). The summed E-state index contributed by atoms with van der Waals surface area (Å²) in [5, 5.41) is 6.89. The highest BCUT2D eigenvalue weighted by Gasteiger charge is 2.12. The highest BCUT2D eigenvalue weighted by atomic mass is 16.5. The Kier molecular flexibility index (Phi) is 4.43. The summed E-state index contributed by atoms with van der Waals surface area (Å²) in [6, 6.07) is -0.0733.